The number of hydrogen-bond donors (Lipinski definition) is 0. The van der Waals surface area contributed by atoms with Crippen molar-refractivity contribution in [2.24, 2.45) is 0 Å². The number of nitrogens with zero attached hydrogens (tertiary/aromatic N) is 3. The molecule has 0 aliphatic carbocycles. The topological polar surface area (TPSA) is 47.4 Å². The number of piperidine rings is 1. The van der Waals surface area contributed by atoms with Gasteiger partial charge in [-0.25, -0.2) is 4.68 Å². The smallest absolute Gasteiger partial charge is 0.263 e. The maximum atomic E-state index is 12.6. The van der Waals surface area contributed by atoms with Gasteiger partial charge in [-0.2, -0.15) is 0 Å². The van der Waals surface area contributed by atoms with Crippen molar-refractivity contribution in [2.75, 3.05) is 6.54 Å². The van der Waals surface area contributed by atoms with Crippen molar-refractivity contribution < 1.29 is 9.53 Å². The van der Waals surface area contributed by atoms with Crippen molar-refractivity contribution in [3.05, 3.63) is 42.6 Å². The summed E-state index contributed by atoms with van der Waals surface area (Å²) in [5, 5.41) is 4.39. The minimum absolute atomic E-state index is 0.0476. The van der Waals surface area contributed by atoms with Crippen LogP contribution in [0.3, 0.4) is 0 Å². The van der Waals surface area contributed by atoms with Crippen molar-refractivity contribution in [3.8, 4) is 11.6 Å². The van der Waals surface area contributed by atoms with E-state index < -0.39 is 6.10 Å². The Morgan fingerprint density at radius 1 is 1.26 bits per heavy atom. The van der Waals surface area contributed by atoms with Crippen LogP contribution in [0.2, 0.25) is 0 Å². The highest BCUT2D eigenvalue weighted by atomic mass is 16.5. The number of carbonyl (C=O) groups excluding carboxylic acids is 1. The molecule has 0 radical (unpaired) electrons. The van der Waals surface area contributed by atoms with E-state index in [0.717, 1.165) is 25.1 Å². The Kier molecular flexibility index (Phi) is 4.65. The van der Waals surface area contributed by atoms with Gasteiger partial charge >= 0.3 is 0 Å². The molecule has 0 saturated carbocycles. The van der Waals surface area contributed by atoms with Crippen molar-refractivity contribution in [3.63, 3.8) is 0 Å². The Balaban J connectivity index is 1.65. The molecule has 3 rings (SSSR count). The second-order valence-electron chi connectivity index (χ2n) is 6.07. The zero-order chi connectivity index (χ0) is 16.2. The summed E-state index contributed by atoms with van der Waals surface area (Å²) in [4.78, 5) is 14.5. The van der Waals surface area contributed by atoms with Gasteiger partial charge in [-0.05, 0) is 45.2 Å². The predicted molar refractivity (Wildman–Crippen MR) is 88.7 cm³/mol. The highest BCUT2D eigenvalue weighted by Crippen LogP contribution is 2.19. The van der Waals surface area contributed by atoms with E-state index in [0.29, 0.717) is 11.9 Å². The van der Waals surface area contributed by atoms with Crippen LogP contribution < -0.4 is 4.74 Å². The molecule has 1 aromatic carbocycles. The fraction of sp³-hybridized carbons (Fsp3) is 0.444. The first-order chi connectivity index (χ1) is 11.1. The molecule has 1 fully saturated rings. The Morgan fingerprint density at radius 2 is 2.04 bits per heavy atom. The van der Waals surface area contributed by atoms with E-state index in [9.17, 15) is 4.79 Å². The number of amides is 1. The van der Waals surface area contributed by atoms with Crippen molar-refractivity contribution >= 4 is 5.91 Å². The Morgan fingerprint density at radius 3 is 2.78 bits per heavy atom. The van der Waals surface area contributed by atoms with Gasteiger partial charge in [0.2, 0.25) is 5.88 Å². The second-order valence-corrected chi connectivity index (χ2v) is 6.07. The van der Waals surface area contributed by atoms with Crippen LogP contribution in [-0.2, 0) is 4.79 Å². The predicted octanol–water partition coefficient (Wildman–Crippen LogP) is 3.04. The van der Waals surface area contributed by atoms with E-state index in [1.54, 1.807) is 17.7 Å². The largest absolute Gasteiger partial charge is 0.463 e. The molecule has 2 heterocycles. The van der Waals surface area contributed by atoms with Crippen LogP contribution in [0.5, 0.6) is 5.88 Å². The molecule has 0 bridgehead atoms. The summed E-state index contributed by atoms with van der Waals surface area (Å²) in [6.45, 7) is 4.73. The monoisotopic (exact) mass is 313 g/mol. The lowest BCUT2D eigenvalue weighted by Gasteiger charge is -2.34. The van der Waals surface area contributed by atoms with Gasteiger partial charge in [-0.3, -0.25) is 4.79 Å². The van der Waals surface area contributed by atoms with Gasteiger partial charge in [0.1, 0.15) is 0 Å². The fourth-order valence-electron chi connectivity index (χ4n) is 2.99. The second kappa shape index (κ2) is 6.86. The average molecular weight is 313 g/mol. The number of likely N-dealkylation sites (tertiary alicyclic amines) is 1. The number of carbonyl (C=O) groups is 1. The van der Waals surface area contributed by atoms with Crippen molar-refractivity contribution in [2.45, 2.75) is 45.3 Å². The van der Waals surface area contributed by atoms with Crippen LogP contribution in [0, 0.1) is 0 Å². The number of benzene rings is 1. The summed E-state index contributed by atoms with van der Waals surface area (Å²) >= 11 is 0. The molecule has 23 heavy (non-hydrogen) atoms. The lowest BCUT2D eigenvalue weighted by atomic mass is 10.0. The van der Waals surface area contributed by atoms with Gasteiger partial charge in [0.25, 0.3) is 5.91 Å². The average Bonchev–Trinajstić information content (AvgIpc) is 3.04. The first-order valence-electron chi connectivity index (χ1n) is 8.23. The van der Waals surface area contributed by atoms with Gasteiger partial charge in [-0.1, -0.05) is 18.2 Å². The number of ether oxygens (including phenoxy) is 1. The van der Waals surface area contributed by atoms with Crippen molar-refractivity contribution in [1.82, 2.24) is 14.7 Å². The lowest BCUT2D eigenvalue weighted by Crippen LogP contribution is -2.47. The molecular weight excluding hydrogens is 290 g/mol. The molecule has 1 aliphatic rings. The van der Waals surface area contributed by atoms with Crippen LogP contribution in [-0.4, -0.2) is 39.3 Å². The van der Waals surface area contributed by atoms with Crippen LogP contribution in [0.25, 0.3) is 5.69 Å². The van der Waals surface area contributed by atoms with Gasteiger partial charge in [0.05, 0.1) is 5.69 Å². The highest BCUT2D eigenvalue weighted by Gasteiger charge is 2.28. The Hall–Kier alpha value is -2.30. The van der Waals surface area contributed by atoms with Crippen LogP contribution in [0.4, 0.5) is 0 Å². The molecule has 5 heteroatoms. The number of hydrogen-bond acceptors (Lipinski definition) is 3. The molecule has 2 aromatic rings. The van der Waals surface area contributed by atoms with E-state index in [2.05, 4.69) is 12.0 Å². The quantitative estimate of drug-likeness (QED) is 0.871. The third kappa shape index (κ3) is 3.55. The summed E-state index contributed by atoms with van der Waals surface area (Å²) in [6.07, 6.45) is 4.66. The molecule has 122 valence electrons. The molecule has 0 N–H and O–H groups in total. The van der Waals surface area contributed by atoms with E-state index in [1.807, 2.05) is 41.4 Å². The zero-order valence-corrected chi connectivity index (χ0v) is 13.7. The molecule has 1 aliphatic heterocycles. The molecule has 1 amide bonds. The summed E-state index contributed by atoms with van der Waals surface area (Å²) in [5.41, 5.74) is 0.964. The molecular formula is C18H23N3O2. The Bertz CT molecular complexity index is 653. The highest BCUT2D eigenvalue weighted by molar-refractivity contribution is 5.81. The zero-order valence-electron chi connectivity index (χ0n) is 13.7. The fourth-order valence-corrected chi connectivity index (χ4v) is 2.99. The molecule has 1 aromatic heterocycles. The van der Waals surface area contributed by atoms with E-state index in [4.69, 9.17) is 4.74 Å². The van der Waals surface area contributed by atoms with E-state index in [1.165, 1.54) is 6.42 Å². The number of rotatable bonds is 4. The normalized spacial score (nSPS) is 19.4. The van der Waals surface area contributed by atoms with Crippen LogP contribution >= 0.6 is 0 Å². The van der Waals surface area contributed by atoms with Crippen LogP contribution in [0.1, 0.15) is 33.1 Å². The third-order valence-electron chi connectivity index (χ3n) is 4.32. The summed E-state index contributed by atoms with van der Waals surface area (Å²) < 4.78 is 7.50. The summed E-state index contributed by atoms with van der Waals surface area (Å²) in [5.74, 6) is 0.519. The minimum atomic E-state index is -0.519. The summed E-state index contributed by atoms with van der Waals surface area (Å²) in [6, 6.07) is 11.9. The molecule has 5 nitrogen and oxygen atoms in total. The van der Waals surface area contributed by atoms with E-state index >= 15 is 0 Å². The Labute approximate surface area is 136 Å². The minimum Gasteiger partial charge on any atom is -0.463 e. The lowest BCUT2D eigenvalue weighted by molar-refractivity contribution is -0.141. The van der Waals surface area contributed by atoms with Gasteiger partial charge in [0.15, 0.2) is 6.10 Å². The molecule has 1 saturated heterocycles. The standard InChI is InChI=1S/C18H23N3O2/c1-14-8-6-7-12-20(14)18(22)15(2)23-17-11-13-21(19-17)16-9-4-3-5-10-16/h3-5,9-11,13-15H,6-8,12H2,1-2H3/t14-,15+/m0/s1. The molecule has 2 atom stereocenters. The van der Waals surface area contributed by atoms with Crippen LogP contribution in [0.15, 0.2) is 42.6 Å². The third-order valence-corrected chi connectivity index (χ3v) is 4.32. The number of aromatic nitrogens is 2. The van der Waals surface area contributed by atoms with Crippen molar-refractivity contribution in [1.29, 1.82) is 0 Å². The van der Waals surface area contributed by atoms with Gasteiger partial charge < -0.3 is 9.64 Å². The first-order valence-corrected chi connectivity index (χ1v) is 8.23. The first kappa shape index (κ1) is 15.6. The molecule has 0 spiro atoms. The van der Waals surface area contributed by atoms with E-state index in [-0.39, 0.29) is 5.91 Å². The van der Waals surface area contributed by atoms with Gasteiger partial charge in [0, 0.05) is 24.8 Å². The number of para-hydroxylation sites is 1. The van der Waals surface area contributed by atoms with Gasteiger partial charge in [-0.15, -0.1) is 5.10 Å². The SMILES string of the molecule is C[C@@H](Oc1ccn(-c2ccccc2)n1)C(=O)N1CCCC[C@@H]1C. The summed E-state index contributed by atoms with van der Waals surface area (Å²) in [7, 11) is 0. The maximum Gasteiger partial charge on any atom is 0.263 e. The molecule has 0 unspecified atom stereocenters. The maximum absolute atomic E-state index is 12.6.